The standard InChI is InChI=1S/C13H9BrN4O2/c1-18-8(7-19)5-12(17-18)13(20)16-11-4-2-3-10(14)9(11)6-15/h2-5,7H,1H3,(H,16,20). The molecule has 0 atom stereocenters. The van der Waals surface area contributed by atoms with E-state index in [1.807, 2.05) is 6.07 Å². The summed E-state index contributed by atoms with van der Waals surface area (Å²) in [6, 6.07) is 8.41. The second-order valence-electron chi connectivity index (χ2n) is 3.92. The van der Waals surface area contributed by atoms with Gasteiger partial charge in [-0.1, -0.05) is 6.07 Å². The fourth-order valence-electron chi connectivity index (χ4n) is 1.63. The van der Waals surface area contributed by atoms with E-state index in [0.717, 1.165) is 0 Å². The van der Waals surface area contributed by atoms with Gasteiger partial charge in [0.2, 0.25) is 0 Å². The first-order valence-corrected chi connectivity index (χ1v) is 6.35. The van der Waals surface area contributed by atoms with Crippen molar-refractivity contribution in [3.8, 4) is 6.07 Å². The molecule has 0 bridgehead atoms. The fraction of sp³-hybridized carbons (Fsp3) is 0.0769. The van der Waals surface area contributed by atoms with Crippen molar-refractivity contribution in [3.05, 3.63) is 45.7 Å². The van der Waals surface area contributed by atoms with E-state index >= 15 is 0 Å². The molecule has 2 rings (SSSR count). The second-order valence-corrected chi connectivity index (χ2v) is 4.78. The van der Waals surface area contributed by atoms with Crippen molar-refractivity contribution < 1.29 is 9.59 Å². The zero-order chi connectivity index (χ0) is 14.7. The van der Waals surface area contributed by atoms with E-state index in [9.17, 15) is 9.59 Å². The summed E-state index contributed by atoms with van der Waals surface area (Å²) in [5.41, 5.74) is 1.11. The van der Waals surface area contributed by atoms with Crippen LogP contribution in [-0.4, -0.2) is 22.0 Å². The number of aryl methyl sites for hydroxylation is 1. The number of nitrogens with zero attached hydrogens (tertiary/aromatic N) is 3. The minimum Gasteiger partial charge on any atom is -0.319 e. The predicted molar refractivity (Wildman–Crippen MR) is 75.4 cm³/mol. The molecule has 0 fully saturated rings. The van der Waals surface area contributed by atoms with Crippen LogP contribution in [0.5, 0.6) is 0 Å². The van der Waals surface area contributed by atoms with Gasteiger partial charge in [0.05, 0.1) is 11.3 Å². The number of amides is 1. The number of benzene rings is 1. The fourth-order valence-corrected chi connectivity index (χ4v) is 2.09. The maximum atomic E-state index is 12.0. The molecular weight excluding hydrogens is 324 g/mol. The molecule has 7 heteroatoms. The maximum absolute atomic E-state index is 12.0. The van der Waals surface area contributed by atoms with Gasteiger partial charge in [-0.25, -0.2) is 0 Å². The predicted octanol–water partition coefficient (Wildman–Crippen LogP) is 2.12. The van der Waals surface area contributed by atoms with E-state index in [2.05, 4.69) is 26.3 Å². The van der Waals surface area contributed by atoms with Gasteiger partial charge in [-0.15, -0.1) is 0 Å². The summed E-state index contributed by atoms with van der Waals surface area (Å²) < 4.78 is 1.90. The largest absolute Gasteiger partial charge is 0.319 e. The Morgan fingerprint density at radius 1 is 1.55 bits per heavy atom. The normalized spacial score (nSPS) is 9.85. The van der Waals surface area contributed by atoms with Gasteiger partial charge in [-0.05, 0) is 34.1 Å². The zero-order valence-corrected chi connectivity index (χ0v) is 12.0. The van der Waals surface area contributed by atoms with Gasteiger partial charge in [-0.2, -0.15) is 10.4 Å². The summed E-state index contributed by atoms with van der Waals surface area (Å²) in [5, 5.41) is 15.6. The summed E-state index contributed by atoms with van der Waals surface area (Å²) in [5.74, 6) is -0.483. The zero-order valence-electron chi connectivity index (χ0n) is 10.4. The molecule has 0 spiro atoms. The Hall–Kier alpha value is -2.46. The molecule has 2 aromatic rings. The highest BCUT2D eigenvalue weighted by atomic mass is 79.9. The number of aromatic nitrogens is 2. The minimum absolute atomic E-state index is 0.110. The van der Waals surface area contributed by atoms with Crippen LogP contribution in [0.15, 0.2) is 28.7 Å². The molecule has 1 N–H and O–H groups in total. The molecule has 0 aliphatic carbocycles. The van der Waals surface area contributed by atoms with E-state index in [1.165, 1.54) is 10.7 Å². The highest BCUT2D eigenvalue weighted by molar-refractivity contribution is 9.10. The Labute approximate surface area is 123 Å². The molecule has 1 aromatic carbocycles. The number of rotatable bonds is 3. The molecule has 100 valence electrons. The summed E-state index contributed by atoms with van der Waals surface area (Å²) in [6.07, 6.45) is 0.615. The van der Waals surface area contributed by atoms with Crippen molar-refractivity contribution in [3.63, 3.8) is 0 Å². The van der Waals surface area contributed by atoms with E-state index in [4.69, 9.17) is 5.26 Å². The summed E-state index contributed by atoms with van der Waals surface area (Å²) in [6.45, 7) is 0. The number of carbonyl (C=O) groups is 2. The average molecular weight is 333 g/mol. The Morgan fingerprint density at radius 2 is 2.30 bits per heavy atom. The topological polar surface area (TPSA) is 87.8 Å². The molecule has 1 amide bonds. The number of nitriles is 1. The number of carbonyl (C=O) groups excluding carboxylic acids is 2. The molecule has 0 saturated carbocycles. The smallest absolute Gasteiger partial charge is 0.276 e. The third kappa shape index (κ3) is 2.60. The van der Waals surface area contributed by atoms with Gasteiger partial charge in [0, 0.05) is 11.5 Å². The molecular formula is C13H9BrN4O2. The van der Waals surface area contributed by atoms with Crippen molar-refractivity contribution in [1.82, 2.24) is 9.78 Å². The quantitative estimate of drug-likeness (QED) is 0.872. The van der Waals surface area contributed by atoms with Crippen molar-refractivity contribution >= 4 is 33.8 Å². The molecule has 6 nitrogen and oxygen atoms in total. The van der Waals surface area contributed by atoms with Gasteiger partial charge in [0.1, 0.15) is 11.8 Å². The maximum Gasteiger partial charge on any atom is 0.276 e. The highest BCUT2D eigenvalue weighted by Gasteiger charge is 2.15. The van der Waals surface area contributed by atoms with E-state index in [0.29, 0.717) is 27.7 Å². The van der Waals surface area contributed by atoms with Gasteiger partial charge in [-0.3, -0.25) is 14.3 Å². The first-order chi connectivity index (χ1) is 9.56. The summed E-state index contributed by atoms with van der Waals surface area (Å²) in [4.78, 5) is 22.8. The van der Waals surface area contributed by atoms with Gasteiger partial charge in [0.15, 0.2) is 12.0 Å². The van der Waals surface area contributed by atoms with Crippen LogP contribution in [-0.2, 0) is 7.05 Å². The minimum atomic E-state index is -0.483. The number of halogens is 1. The number of aldehydes is 1. The van der Waals surface area contributed by atoms with Crippen LogP contribution in [0.25, 0.3) is 0 Å². The van der Waals surface area contributed by atoms with Crippen LogP contribution in [0, 0.1) is 11.3 Å². The number of nitrogens with one attached hydrogen (secondary N) is 1. The van der Waals surface area contributed by atoms with Crippen LogP contribution >= 0.6 is 15.9 Å². The number of anilines is 1. The Morgan fingerprint density at radius 3 is 2.90 bits per heavy atom. The van der Waals surface area contributed by atoms with E-state index in [1.54, 1.807) is 25.2 Å². The van der Waals surface area contributed by atoms with Gasteiger partial charge < -0.3 is 5.32 Å². The van der Waals surface area contributed by atoms with Crippen LogP contribution in [0.4, 0.5) is 5.69 Å². The van der Waals surface area contributed by atoms with Crippen LogP contribution in [0.3, 0.4) is 0 Å². The molecule has 0 radical (unpaired) electrons. The second kappa shape index (κ2) is 5.67. The summed E-state index contributed by atoms with van der Waals surface area (Å²) >= 11 is 3.24. The number of hydrogen-bond acceptors (Lipinski definition) is 4. The Bertz CT molecular complexity index is 730. The van der Waals surface area contributed by atoms with Crippen molar-refractivity contribution in [2.75, 3.05) is 5.32 Å². The van der Waals surface area contributed by atoms with Gasteiger partial charge in [0.25, 0.3) is 5.91 Å². The lowest BCUT2D eigenvalue weighted by molar-refractivity contribution is 0.102. The number of hydrogen-bond donors (Lipinski definition) is 1. The molecule has 20 heavy (non-hydrogen) atoms. The lowest BCUT2D eigenvalue weighted by atomic mass is 10.2. The monoisotopic (exact) mass is 332 g/mol. The van der Waals surface area contributed by atoms with Crippen molar-refractivity contribution in [1.29, 1.82) is 5.26 Å². The molecule has 0 unspecified atom stereocenters. The molecule has 0 aliphatic heterocycles. The van der Waals surface area contributed by atoms with Crippen LogP contribution in [0.2, 0.25) is 0 Å². The average Bonchev–Trinajstić information content (AvgIpc) is 2.80. The van der Waals surface area contributed by atoms with E-state index < -0.39 is 5.91 Å². The van der Waals surface area contributed by atoms with Gasteiger partial charge >= 0.3 is 0 Å². The molecule has 1 heterocycles. The SMILES string of the molecule is Cn1nc(C(=O)Nc2cccc(Br)c2C#N)cc1C=O. The molecule has 0 saturated heterocycles. The molecule has 0 aliphatic rings. The molecule has 1 aromatic heterocycles. The summed E-state index contributed by atoms with van der Waals surface area (Å²) in [7, 11) is 1.57. The Kier molecular flexibility index (Phi) is 3.96. The lowest BCUT2D eigenvalue weighted by Crippen LogP contribution is -2.14. The van der Waals surface area contributed by atoms with Crippen molar-refractivity contribution in [2.45, 2.75) is 0 Å². The first kappa shape index (κ1) is 14.0. The van der Waals surface area contributed by atoms with Crippen LogP contribution in [0.1, 0.15) is 26.5 Å². The third-order valence-corrected chi connectivity index (χ3v) is 3.30. The van der Waals surface area contributed by atoms with Crippen molar-refractivity contribution in [2.24, 2.45) is 7.05 Å². The highest BCUT2D eigenvalue weighted by Crippen LogP contribution is 2.24. The third-order valence-electron chi connectivity index (χ3n) is 2.64. The van der Waals surface area contributed by atoms with E-state index in [-0.39, 0.29) is 5.69 Å². The van der Waals surface area contributed by atoms with Crippen LogP contribution < -0.4 is 5.32 Å². The first-order valence-electron chi connectivity index (χ1n) is 5.56. The Balaban J connectivity index is 2.30. The lowest BCUT2D eigenvalue weighted by Gasteiger charge is -2.06.